The van der Waals surface area contributed by atoms with Gasteiger partial charge in [0.1, 0.15) is 0 Å². The summed E-state index contributed by atoms with van der Waals surface area (Å²) in [4.78, 5) is 0.401. The topological polar surface area (TPSA) is 34.1 Å². The van der Waals surface area contributed by atoms with Crippen molar-refractivity contribution in [1.82, 2.24) is 0 Å². The van der Waals surface area contributed by atoms with Gasteiger partial charge in [0, 0.05) is 0 Å². The molecule has 0 unspecified atom stereocenters. The zero-order valence-electron chi connectivity index (χ0n) is 12.5. The summed E-state index contributed by atoms with van der Waals surface area (Å²) in [5.41, 5.74) is 2.14. The summed E-state index contributed by atoms with van der Waals surface area (Å²) in [7, 11) is -3.24. The highest BCUT2D eigenvalue weighted by atomic mass is 32.2. The molecule has 3 aromatic rings. The molecular weight excluding hydrogens is 292 g/mol. The molecule has 0 heterocycles. The van der Waals surface area contributed by atoms with Crippen LogP contribution in [0.1, 0.15) is 11.1 Å². The highest BCUT2D eigenvalue weighted by Gasteiger charge is 2.14. The van der Waals surface area contributed by atoms with Crippen molar-refractivity contribution in [3.63, 3.8) is 0 Å². The van der Waals surface area contributed by atoms with Crippen LogP contribution in [0, 0.1) is 6.92 Å². The molecule has 0 spiro atoms. The second-order valence-corrected chi connectivity index (χ2v) is 7.63. The number of benzene rings is 3. The van der Waals surface area contributed by atoms with Gasteiger partial charge < -0.3 is 0 Å². The Bertz CT molecular complexity index is 889. The lowest BCUT2D eigenvalue weighted by Crippen LogP contribution is -2.09. The minimum absolute atomic E-state index is 0.129. The first-order chi connectivity index (χ1) is 10.6. The van der Waals surface area contributed by atoms with Crippen LogP contribution >= 0.6 is 0 Å². The summed E-state index contributed by atoms with van der Waals surface area (Å²) in [6.07, 6.45) is 0.525. The monoisotopic (exact) mass is 310 g/mol. The molecule has 0 bridgehead atoms. The number of sulfone groups is 1. The summed E-state index contributed by atoms with van der Waals surface area (Å²) >= 11 is 0. The van der Waals surface area contributed by atoms with Crippen molar-refractivity contribution in [3.05, 3.63) is 77.9 Å². The summed E-state index contributed by atoms with van der Waals surface area (Å²) in [5, 5.41) is 2.27. The van der Waals surface area contributed by atoms with Crippen LogP contribution in [0.3, 0.4) is 0 Å². The van der Waals surface area contributed by atoms with Gasteiger partial charge in [-0.3, -0.25) is 0 Å². The van der Waals surface area contributed by atoms with E-state index in [2.05, 4.69) is 0 Å². The maximum absolute atomic E-state index is 12.5. The van der Waals surface area contributed by atoms with Crippen LogP contribution in [0.15, 0.2) is 71.6 Å². The molecule has 0 aliphatic carbocycles. The van der Waals surface area contributed by atoms with Gasteiger partial charge in [0.2, 0.25) is 0 Å². The third-order valence-corrected chi connectivity index (χ3v) is 5.63. The molecule has 0 atom stereocenters. The summed E-state index contributed by atoms with van der Waals surface area (Å²) < 4.78 is 24.9. The van der Waals surface area contributed by atoms with Gasteiger partial charge in [0.15, 0.2) is 9.84 Å². The lowest BCUT2D eigenvalue weighted by molar-refractivity contribution is 0.595. The molecule has 2 nitrogen and oxygen atoms in total. The fourth-order valence-electron chi connectivity index (χ4n) is 2.62. The second kappa shape index (κ2) is 5.93. The number of hydrogen-bond acceptors (Lipinski definition) is 2. The van der Waals surface area contributed by atoms with Crippen LogP contribution in [-0.4, -0.2) is 14.2 Å². The van der Waals surface area contributed by atoms with Crippen LogP contribution in [0.25, 0.3) is 10.8 Å². The van der Waals surface area contributed by atoms with E-state index in [0.717, 1.165) is 21.9 Å². The van der Waals surface area contributed by atoms with E-state index in [1.807, 2.05) is 61.5 Å². The number of hydrogen-bond donors (Lipinski definition) is 0. The minimum atomic E-state index is -3.24. The van der Waals surface area contributed by atoms with Gasteiger partial charge in [-0.2, -0.15) is 0 Å². The van der Waals surface area contributed by atoms with Crippen molar-refractivity contribution in [2.75, 3.05) is 5.75 Å². The van der Waals surface area contributed by atoms with Crippen molar-refractivity contribution < 1.29 is 8.42 Å². The van der Waals surface area contributed by atoms with E-state index in [9.17, 15) is 8.42 Å². The van der Waals surface area contributed by atoms with Crippen LogP contribution in [0.4, 0.5) is 0 Å². The Morgan fingerprint density at radius 1 is 0.818 bits per heavy atom. The molecule has 3 heteroatoms. The van der Waals surface area contributed by atoms with E-state index in [1.165, 1.54) is 0 Å². The Morgan fingerprint density at radius 3 is 2.27 bits per heavy atom. The Hall–Kier alpha value is -2.13. The Balaban J connectivity index is 1.86. The van der Waals surface area contributed by atoms with Crippen molar-refractivity contribution in [1.29, 1.82) is 0 Å². The molecule has 112 valence electrons. The second-order valence-electron chi connectivity index (χ2n) is 5.52. The standard InChI is InChI=1S/C19H18O2S/c1-15-9-11-18(12-10-15)22(20,21)14-13-17-7-4-6-16-5-2-3-8-19(16)17/h2-12H,13-14H2,1H3. The molecule has 22 heavy (non-hydrogen) atoms. The Labute approximate surface area is 131 Å². The lowest BCUT2D eigenvalue weighted by Gasteiger charge is -2.08. The first-order valence-electron chi connectivity index (χ1n) is 7.32. The van der Waals surface area contributed by atoms with Crippen molar-refractivity contribution >= 4 is 20.6 Å². The molecular formula is C19H18O2S. The third kappa shape index (κ3) is 3.04. The first kappa shape index (κ1) is 14.8. The van der Waals surface area contributed by atoms with Gasteiger partial charge >= 0.3 is 0 Å². The van der Waals surface area contributed by atoms with E-state index in [-0.39, 0.29) is 5.75 Å². The maximum Gasteiger partial charge on any atom is 0.178 e. The zero-order chi connectivity index (χ0) is 15.6. The Kier molecular flexibility index (Phi) is 3.99. The van der Waals surface area contributed by atoms with E-state index < -0.39 is 9.84 Å². The highest BCUT2D eigenvalue weighted by Crippen LogP contribution is 2.20. The van der Waals surface area contributed by atoms with E-state index in [0.29, 0.717) is 11.3 Å². The van der Waals surface area contributed by atoms with Gasteiger partial charge in [-0.25, -0.2) is 8.42 Å². The van der Waals surface area contributed by atoms with E-state index in [1.54, 1.807) is 12.1 Å². The van der Waals surface area contributed by atoms with Crippen LogP contribution in [0.5, 0.6) is 0 Å². The van der Waals surface area contributed by atoms with Crippen molar-refractivity contribution in [3.8, 4) is 0 Å². The minimum Gasteiger partial charge on any atom is -0.224 e. The van der Waals surface area contributed by atoms with Crippen molar-refractivity contribution in [2.45, 2.75) is 18.2 Å². The molecule has 0 N–H and O–H groups in total. The molecule has 0 radical (unpaired) electrons. The molecule has 0 amide bonds. The molecule has 0 saturated carbocycles. The van der Waals surface area contributed by atoms with Crippen LogP contribution in [-0.2, 0) is 16.3 Å². The molecule has 3 aromatic carbocycles. The summed E-state index contributed by atoms with van der Waals surface area (Å²) in [6.45, 7) is 1.95. The Morgan fingerprint density at radius 2 is 1.50 bits per heavy atom. The largest absolute Gasteiger partial charge is 0.224 e. The first-order valence-corrected chi connectivity index (χ1v) is 8.97. The number of rotatable bonds is 4. The molecule has 0 aromatic heterocycles. The van der Waals surface area contributed by atoms with Gasteiger partial charge in [-0.15, -0.1) is 0 Å². The smallest absolute Gasteiger partial charge is 0.178 e. The van der Waals surface area contributed by atoms with Crippen molar-refractivity contribution in [2.24, 2.45) is 0 Å². The summed E-state index contributed by atoms with van der Waals surface area (Å²) in [6, 6.07) is 21.2. The van der Waals surface area contributed by atoms with Crippen LogP contribution in [0.2, 0.25) is 0 Å². The predicted octanol–water partition coefficient (Wildman–Crippen LogP) is 4.16. The van der Waals surface area contributed by atoms with Gasteiger partial charge in [0.05, 0.1) is 10.6 Å². The molecule has 3 rings (SSSR count). The maximum atomic E-state index is 12.5. The fourth-order valence-corrected chi connectivity index (χ4v) is 3.89. The van der Waals surface area contributed by atoms with Crippen LogP contribution < -0.4 is 0 Å². The third-order valence-electron chi connectivity index (χ3n) is 3.90. The highest BCUT2D eigenvalue weighted by molar-refractivity contribution is 7.91. The SMILES string of the molecule is Cc1ccc(S(=O)(=O)CCc2cccc3ccccc23)cc1. The van der Waals surface area contributed by atoms with Gasteiger partial charge in [-0.1, -0.05) is 60.2 Å². The van der Waals surface area contributed by atoms with Gasteiger partial charge in [0.25, 0.3) is 0 Å². The average molecular weight is 310 g/mol. The quantitative estimate of drug-likeness (QED) is 0.725. The van der Waals surface area contributed by atoms with Gasteiger partial charge in [-0.05, 0) is 41.8 Å². The normalized spacial score (nSPS) is 11.7. The summed E-state index contributed by atoms with van der Waals surface area (Å²) in [5.74, 6) is 0.129. The van der Waals surface area contributed by atoms with E-state index in [4.69, 9.17) is 0 Å². The lowest BCUT2D eigenvalue weighted by atomic mass is 10.0. The fraction of sp³-hybridized carbons (Fsp3) is 0.158. The van der Waals surface area contributed by atoms with E-state index >= 15 is 0 Å². The number of fused-ring (bicyclic) bond motifs is 1. The molecule has 0 saturated heterocycles. The zero-order valence-corrected chi connectivity index (χ0v) is 13.3. The molecule has 0 aliphatic heterocycles. The molecule has 0 aliphatic rings. The molecule has 0 fully saturated rings. The average Bonchev–Trinajstić information content (AvgIpc) is 2.53. The predicted molar refractivity (Wildman–Crippen MR) is 90.9 cm³/mol. The number of aryl methyl sites for hydroxylation is 2.